The number of H-pyrrole nitrogens is 1. The van der Waals surface area contributed by atoms with Crippen molar-refractivity contribution in [3.8, 4) is 17.1 Å². The van der Waals surface area contributed by atoms with Crippen LogP contribution in [0.3, 0.4) is 0 Å². The number of likely N-dealkylation sites (tertiary alicyclic amines) is 1. The fourth-order valence-corrected chi connectivity index (χ4v) is 3.75. The molecule has 0 unspecified atom stereocenters. The molecule has 1 N–H and O–H groups in total. The lowest BCUT2D eigenvalue weighted by Gasteiger charge is -2.39. The number of aromatic nitrogens is 3. The summed E-state index contributed by atoms with van der Waals surface area (Å²) in [7, 11) is 0. The molecular formula is C23H21FN4O2. The first-order valence-corrected chi connectivity index (χ1v) is 9.95. The SMILES string of the molecule is O=c1[nH]c(CCN2CC(Oc3ccc(F)cc3)C2)cn2c(-c3ccccc3)ncc12. The first-order valence-electron chi connectivity index (χ1n) is 9.95. The zero-order chi connectivity index (χ0) is 20.5. The van der Waals surface area contributed by atoms with E-state index in [1.165, 1.54) is 12.1 Å². The number of fused-ring (bicyclic) bond motifs is 1. The van der Waals surface area contributed by atoms with Gasteiger partial charge in [0, 0.05) is 43.5 Å². The molecule has 0 bridgehead atoms. The van der Waals surface area contributed by atoms with Gasteiger partial charge in [0.05, 0.1) is 6.20 Å². The van der Waals surface area contributed by atoms with Crippen molar-refractivity contribution in [2.75, 3.05) is 19.6 Å². The van der Waals surface area contributed by atoms with E-state index in [2.05, 4.69) is 14.9 Å². The van der Waals surface area contributed by atoms with Crippen LogP contribution in [-0.4, -0.2) is 45.0 Å². The van der Waals surface area contributed by atoms with Crippen LogP contribution in [0.25, 0.3) is 16.9 Å². The Morgan fingerprint density at radius 2 is 1.87 bits per heavy atom. The number of ether oxygens (including phenoxy) is 1. The Kier molecular flexibility index (Phi) is 4.80. The lowest BCUT2D eigenvalue weighted by atomic mass is 10.1. The standard InChI is InChI=1S/C23H21FN4O2/c24-17-6-8-19(9-7-17)30-20-14-27(15-20)11-10-18-13-28-21(23(29)26-18)12-25-22(28)16-4-2-1-3-5-16/h1-9,12-13,20H,10-11,14-15H2,(H,26,29). The maximum atomic E-state index is 13.0. The summed E-state index contributed by atoms with van der Waals surface area (Å²) < 4.78 is 20.7. The van der Waals surface area contributed by atoms with Gasteiger partial charge >= 0.3 is 0 Å². The summed E-state index contributed by atoms with van der Waals surface area (Å²) >= 11 is 0. The van der Waals surface area contributed by atoms with Gasteiger partial charge in [-0.3, -0.25) is 14.1 Å². The molecule has 2 aromatic carbocycles. The quantitative estimate of drug-likeness (QED) is 0.536. The summed E-state index contributed by atoms with van der Waals surface area (Å²) in [5, 5.41) is 0. The molecule has 3 heterocycles. The summed E-state index contributed by atoms with van der Waals surface area (Å²) in [4.78, 5) is 22.1. The number of halogens is 1. The largest absolute Gasteiger partial charge is 0.488 e. The third-order valence-electron chi connectivity index (χ3n) is 5.36. The Morgan fingerprint density at radius 3 is 2.63 bits per heavy atom. The molecule has 6 nitrogen and oxygen atoms in total. The summed E-state index contributed by atoms with van der Waals surface area (Å²) in [5.41, 5.74) is 2.24. The molecular weight excluding hydrogens is 383 g/mol. The second kappa shape index (κ2) is 7.76. The number of rotatable bonds is 6. The van der Waals surface area contributed by atoms with E-state index in [9.17, 15) is 9.18 Å². The minimum Gasteiger partial charge on any atom is -0.488 e. The van der Waals surface area contributed by atoms with Gasteiger partial charge in [0.15, 0.2) is 0 Å². The van der Waals surface area contributed by atoms with E-state index in [0.717, 1.165) is 43.1 Å². The summed E-state index contributed by atoms with van der Waals surface area (Å²) in [6.45, 7) is 2.44. The highest BCUT2D eigenvalue weighted by Crippen LogP contribution is 2.20. The molecule has 0 atom stereocenters. The van der Waals surface area contributed by atoms with Gasteiger partial charge in [-0.25, -0.2) is 9.37 Å². The number of nitrogens with one attached hydrogen (secondary N) is 1. The van der Waals surface area contributed by atoms with Crippen LogP contribution in [0.1, 0.15) is 5.69 Å². The molecule has 5 rings (SSSR count). The highest BCUT2D eigenvalue weighted by atomic mass is 19.1. The van der Waals surface area contributed by atoms with E-state index >= 15 is 0 Å². The van der Waals surface area contributed by atoms with Crippen LogP contribution in [0.15, 0.2) is 71.8 Å². The molecule has 152 valence electrons. The molecule has 1 aliphatic heterocycles. The van der Waals surface area contributed by atoms with Gasteiger partial charge in [-0.05, 0) is 24.3 Å². The van der Waals surface area contributed by atoms with Crippen LogP contribution in [0.4, 0.5) is 4.39 Å². The number of hydrogen-bond acceptors (Lipinski definition) is 4. The number of imidazole rings is 1. The summed E-state index contributed by atoms with van der Waals surface area (Å²) in [6, 6.07) is 15.9. The van der Waals surface area contributed by atoms with Crippen LogP contribution in [-0.2, 0) is 6.42 Å². The molecule has 1 fully saturated rings. The van der Waals surface area contributed by atoms with Crippen molar-refractivity contribution in [3.63, 3.8) is 0 Å². The number of nitrogens with zero attached hydrogens (tertiary/aromatic N) is 3. The Labute approximate surface area is 172 Å². The molecule has 0 radical (unpaired) electrons. The minimum atomic E-state index is -0.267. The number of aromatic amines is 1. The van der Waals surface area contributed by atoms with E-state index < -0.39 is 0 Å². The van der Waals surface area contributed by atoms with E-state index in [-0.39, 0.29) is 17.5 Å². The monoisotopic (exact) mass is 404 g/mol. The predicted molar refractivity (Wildman–Crippen MR) is 112 cm³/mol. The third kappa shape index (κ3) is 3.71. The molecule has 7 heteroatoms. The van der Waals surface area contributed by atoms with Crippen molar-refractivity contribution < 1.29 is 9.13 Å². The first-order chi connectivity index (χ1) is 14.7. The molecule has 4 aromatic rings. The highest BCUT2D eigenvalue weighted by Gasteiger charge is 2.28. The molecule has 30 heavy (non-hydrogen) atoms. The molecule has 0 saturated carbocycles. The molecule has 2 aromatic heterocycles. The van der Waals surface area contributed by atoms with Crippen molar-refractivity contribution in [1.29, 1.82) is 0 Å². The smallest absolute Gasteiger partial charge is 0.274 e. The van der Waals surface area contributed by atoms with E-state index in [1.54, 1.807) is 18.3 Å². The summed E-state index contributed by atoms with van der Waals surface area (Å²) in [5.74, 6) is 1.18. The first kappa shape index (κ1) is 18.6. The van der Waals surface area contributed by atoms with Gasteiger partial charge < -0.3 is 9.72 Å². The van der Waals surface area contributed by atoms with Crippen molar-refractivity contribution in [1.82, 2.24) is 19.3 Å². The second-order valence-electron chi connectivity index (χ2n) is 7.51. The van der Waals surface area contributed by atoms with Crippen molar-refractivity contribution in [2.45, 2.75) is 12.5 Å². The number of hydrogen-bond donors (Lipinski definition) is 1. The van der Waals surface area contributed by atoms with Gasteiger partial charge in [-0.15, -0.1) is 0 Å². The lowest BCUT2D eigenvalue weighted by Crippen LogP contribution is -2.54. The lowest BCUT2D eigenvalue weighted by molar-refractivity contribution is 0.0207. The molecule has 1 saturated heterocycles. The fourth-order valence-electron chi connectivity index (χ4n) is 3.75. The van der Waals surface area contributed by atoms with E-state index in [0.29, 0.717) is 11.3 Å². The van der Waals surface area contributed by atoms with Crippen LogP contribution < -0.4 is 10.3 Å². The Bertz CT molecular complexity index is 1210. The van der Waals surface area contributed by atoms with Gasteiger partial charge in [-0.2, -0.15) is 0 Å². The maximum absolute atomic E-state index is 13.0. The van der Waals surface area contributed by atoms with E-state index in [1.807, 2.05) is 40.9 Å². The summed E-state index contributed by atoms with van der Waals surface area (Å²) in [6.07, 6.45) is 4.40. The van der Waals surface area contributed by atoms with Gasteiger partial charge in [0.25, 0.3) is 5.56 Å². The highest BCUT2D eigenvalue weighted by molar-refractivity contribution is 5.61. The molecule has 0 aliphatic carbocycles. The average molecular weight is 404 g/mol. The van der Waals surface area contributed by atoms with Crippen molar-refractivity contribution in [3.05, 3.63) is 88.9 Å². The van der Waals surface area contributed by atoms with Gasteiger partial charge in [0.2, 0.25) is 0 Å². The molecule has 1 aliphatic rings. The Balaban J connectivity index is 1.23. The normalized spacial score (nSPS) is 14.7. The number of benzene rings is 2. The van der Waals surface area contributed by atoms with Crippen LogP contribution >= 0.6 is 0 Å². The van der Waals surface area contributed by atoms with Gasteiger partial charge in [0.1, 0.15) is 29.0 Å². The predicted octanol–water partition coefficient (Wildman–Crippen LogP) is 3.13. The Hall–Kier alpha value is -3.45. The zero-order valence-electron chi connectivity index (χ0n) is 16.3. The maximum Gasteiger partial charge on any atom is 0.274 e. The topological polar surface area (TPSA) is 62.6 Å². The molecule has 0 amide bonds. The van der Waals surface area contributed by atoms with Gasteiger partial charge in [-0.1, -0.05) is 30.3 Å². The van der Waals surface area contributed by atoms with E-state index in [4.69, 9.17) is 4.74 Å². The van der Waals surface area contributed by atoms with Crippen LogP contribution in [0, 0.1) is 5.82 Å². The van der Waals surface area contributed by atoms with Crippen molar-refractivity contribution >= 4 is 5.52 Å². The van der Waals surface area contributed by atoms with Crippen LogP contribution in [0.2, 0.25) is 0 Å². The Morgan fingerprint density at radius 1 is 1.10 bits per heavy atom. The van der Waals surface area contributed by atoms with Crippen LogP contribution in [0.5, 0.6) is 5.75 Å². The minimum absolute atomic E-state index is 0.107. The third-order valence-corrected chi connectivity index (χ3v) is 5.36. The second-order valence-corrected chi connectivity index (χ2v) is 7.51. The molecule has 0 spiro atoms. The fraction of sp³-hybridized carbons (Fsp3) is 0.217. The zero-order valence-corrected chi connectivity index (χ0v) is 16.3. The average Bonchev–Trinajstić information content (AvgIpc) is 3.16. The van der Waals surface area contributed by atoms with Crippen molar-refractivity contribution in [2.24, 2.45) is 0 Å².